The lowest BCUT2D eigenvalue weighted by atomic mass is 9.91. The fraction of sp³-hybridized carbons (Fsp3) is 0.389. The Bertz CT molecular complexity index is 993. The highest BCUT2D eigenvalue weighted by atomic mass is 16.2. The Hall–Kier alpha value is -3.31. The molecule has 1 saturated heterocycles. The van der Waals surface area contributed by atoms with Crippen molar-refractivity contribution >= 4 is 5.91 Å². The van der Waals surface area contributed by atoms with Crippen molar-refractivity contribution in [1.29, 1.82) is 0 Å². The van der Waals surface area contributed by atoms with Crippen molar-refractivity contribution in [3.05, 3.63) is 48.3 Å². The Morgan fingerprint density at radius 3 is 3.10 bits per heavy atom. The van der Waals surface area contributed by atoms with Crippen LogP contribution in [0, 0.1) is 5.92 Å². The fourth-order valence-corrected chi connectivity index (χ4v) is 3.88. The number of aromatic nitrogens is 7. The second-order valence-corrected chi connectivity index (χ2v) is 7.16. The normalized spacial score (nSPS) is 23.5. The molecular weight excluding hydrogens is 372 g/mol. The standard InChI is InChI=1S/C18H20N10O/c29-18(13-9-21-25-17(13)28-10-22-26-27-28)24-15-5-1-4-14-12(15)8-20-16(23-14)11-3-2-6-19-7-11/h2-3,6-8,10,13,15,17,21,25H,1,4-5,9H2,(H,24,29). The Balaban J connectivity index is 1.35. The van der Waals surface area contributed by atoms with Crippen LogP contribution in [0.25, 0.3) is 11.4 Å². The molecule has 2 aliphatic rings. The molecule has 148 valence electrons. The number of amides is 1. The van der Waals surface area contributed by atoms with Gasteiger partial charge in [0.05, 0.1) is 12.0 Å². The summed E-state index contributed by atoms with van der Waals surface area (Å²) in [6.07, 6.45) is 9.16. The van der Waals surface area contributed by atoms with Gasteiger partial charge in [-0.15, -0.1) is 5.10 Å². The van der Waals surface area contributed by atoms with Crippen LogP contribution in [-0.4, -0.2) is 47.6 Å². The zero-order chi connectivity index (χ0) is 19.6. The van der Waals surface area contributed by atoms with Crippen molar-refractivity contribution in [3.8, 4) is 11.4 Å². The van der Waals surface area contributed by atoms with E-state index in [1.807, 2.05) is 18.3 Å². The number of hydrogen-bond acceptors (Lipinski definition) is 9. The van der Waals surface area contributed by atoms with Crippen LogP contribution in [0.4, 0.5) is 0 Å². The van der Waals surface area contributed by atoms with Gasteiger partial charge < -0.3 is 5.32 Å². The molecule has 1 aliphatic carbocycles. The first-order valence-corrected chi connectivity index (χ1v) is 9.57. The lowest BCUT2D eigenvalue weighted by molar-refractivity contribution is -0.126. The van der Waals surface area contributed by atoms with Gasteiger partial charge in [-0.3, -0.25) is 15.2 Å². The summed E-state index contributed by atoms with van der Waals surface area (Å²) >= 11 is 0. The molecule has 0 radical (unpaired) electrons. The zero-order valence-corrected chi connectivity index (χ0v) is 15.6. The van der Waals surface area contributed by atoms with E-state index in [0.29, 0.717) is 12.4 Å². The molecule has 3 atom stereocenters. The number of carbonyl (C=O) groups excluding carboxylic acids is 1. The van der Waals surface area contributed by atoms with Crippen molar-refractivity contribution in [1.82, 2.24) is 51.3 Å². The molecule has 0 aromatic carbocycles. The monoisotopic (exact) mass is 392 g/mol. The lowest BCUT2D eigenvalue weighted by Gasteiger charge is -2.27. The summed E-state index contributed by atoms with van der Waals surface area (Å²) in [6, 6.07) is 3.70. The van der Waals surface area contributed by atoms with Crippen molar-refractivity contribution in [2.45, 2.75) is 31.5 Å². The summed E-state index contributed by atoms with van der Waals surface area (Å²) in [5.74, 6) is 0.267. The third-order valence-corrected chi connectivity index (χ3v) is 5.36. The van der Waals surface area contributed by atoms with Gasteiger partial charge in [0.15, 0.2) is 5.82 Å². The average molecular weight is 392 g/mol. The number of carbonyl (C=O) groups is 1. The van der Waals surface area contributed by atoms with Crippen molar-refractivity contribution < 1.29 is 4.79 Å². The van der Waals surface area contributed by atoms with E-state index in [9.17, 15) is 4.79 Å². The van der Waals surface area contributed by atoms with Gasteiger partial charge >= 0.3 is 0 Å². The number of hydrogen-bond donors (Lipinski definition) is 3. The van der Waals surface area contributed by atoms with Crippen LogP contribution < -0.4 is 16.2 Å². The van der Waals surface area contributed by atoms with Gasteiger partial charge in [0.1, 0.15) is 12.5 Å². The van der Waals surface area contributed by atoms with E-state index >= 15 is 0 Å². The molecule has 4 heterocycles. The van der Waals surface area contributed by atoms with E-state index in [4.69, 9.17) is 4.98 Å². The molecule has 3 unspecified atom stereocenters. The van der Waals surface area contributed by atoms with Crippen LogP contribution >= 0.6 is 0 Å². The summed E-state index contributed by atoms with van der Waals surface area (Å²) in [7, 11) is 0. The van der Waals surface area contributed by atoms with Gasteiger partial charge in [-0.05, 0) is 41.8 Å². The first-order chi connectivity index (χ1) is 14.3. The molecule has 1 amide bonds. The molecule has 1 aliphatic heterocycles. The molecule has 0 spiro atoms. The van der Waals surface area contributed by atoms with Gasteiger partial charge in [0.25, 0.3) is 0 Å². The zero-order valence-electron chi connectivity index (χ0n) is 15.6. The van der Waals surface area contributed by atoms with Crippen molar-refractivity contribution in [2.24, 2.45) is 5.92 Å². The highest BCUT2D eigenvalue weighted by Gasteiger charge is 2.36. The molecule has 0 bridgehead atoms. The molecular formula is C18H20N10O. The Morgan fingerprint density at radius 1 is 1.31 bits per heavy atom. The molecule has 11 nitrogen and oxygen atoms in total. The van der Waals surface area contributed by atoms with E-state index in [1.165, 1.54) is 6.33 Å². The van der Waals surface area contributed by atoms with Gasteiger partial charge in [-0.25, -0.2) is 20.1 Å². The maximum absolute atomic E-state index is 13.0. The molecule has 0 saturated carbocycles. The number of nitrogens with zero attached hydrogens (tertiary/aromatic N) is 7. The third kappa shape index (κ3) is 3.45. The quantitative estimate of drug-likeness (QED) is 0.558. The molecule has 3 aromatic rings. The van der Waals surface area contributed by atoms with Gasteiger partial charge in [-0.1, -0.05) is 0 Å². The van der Waals surface area contributed by atoms with Gasteiger partial charge in [0.2, 0.25) is 5.91 Å². The summed E-state index contributed by atoms with van der Waals surface area (Å²) in [5.41, 5.74) is 8.91. The smallest absolute Gasteiger partial charge is 0.228 e. The second kappa shape index (κ2) is 7.60. The van der Waals surface area contributed by atoms with Crippen LogP contribution in [-0.2, 0) is 11.2 Å². The maximum atomic E-state index is 13.0. The highest BCUT2D eigenvalue weighted by molar-refractivity contribution is 5.80. The predicted octanol–water partition coefficient (Wildman–Crippen LogP) is -0.0585. The van der Waals surface area contributed by atoms with E-state index in [0.717, 1.165) is 36.1 Å². The van der Waals surface area contributed by atoms with Gasteiger partial charge in [0, 0.05) is 42.0 Å². The Labute approximate surface area is 166 Å². The third-order valence-electron chi connectivity index (χ3n) is 5.36. The number of pyridine rings is 1. The molecule has 29 heavy (non-hydrogen) atoms. The molecule has 1 fully saturated rings. The molecule has 5 rings (SSSR count). The number of rotatable bonds is 4. The van der Waals surface area contributed by atoms with Crippen LogP contribution in [0.3, 0.4) is 0 Å². The van der Waals surface area contributed by atoms with Crippen molar-refractivity contribution in [3.63, 3.8) is 0 Å². The minimum Gasteiger partial charge on any atom is -0.349 e. The number of tetrazole rings is 1. The topological polar surface area (TPSA) is 135 Å². The minimum absolute atomic E-state index is 0.0582. The minimum atomic E-state index is -0.336. The van der Waals surface area contributed by atoms with E-state index in [-0.39, 0.29) is 24.0 Å². The summed E-state index contributed by atoms with van der Waals surface area (Å²) in [6.45, 7) is 0.492. The Kier molecular flexibility index (Phi) is 4.66. The largest absolute Gasteiger partial charge is 0.349 e. The highest BCUT2D eigenvalue weighted by Crippen LogP contribution is 2.30. The van der Waals surface area contributed by atoms with Crippen LogP contribution in [0.5, 0.6) is 0 Å². The number of aryl methyl sites for hydroxylation is 1. The van der Waals surface area contributed by atoms with Crippen LogP contribution in [0.15, 0.2) is 37.1 Å². The molecule has 3 aromatic heterocycles. The van der Waals surface area contributed by atoms with Crippen molar-refractivity contribution in [2.75, 3.05) is 6.54 Å². The van der Waals surface area contributed by atoms with Gasteiger partial charge in [-0.2, -0.15) is 0 Å². The lowest BCUT2D eigenvalue weighted by Crippen LogP contribution is -2.40. The molecule has 3 N–H and O–H groups in total. The summed E-state index contributed by atoms with van der Waals surface area (Å²) in [5, 5.41) is 14.4. The van der Waals surface area contributed by atoms with Crippen LogP contribution in [0.1, 0.15) is 36.3 Å². The first kappa shape index (κ1) is 17.8. The number of fused-ring (bicyclic) bond motifs is 1. The maximum Gasteiger partial charge on any atom is 0.228 e. The summed E-state index contributed by atoms with van der Waals surface area (Å²) < 4.78 is 1.54. The van der Waals surface area contributed by atoms with Crippen LogP contribution in [0.2, 0.25) is 0 Å². The van der Waals surface area contributed by atoms with E-state index in [2.05, 4.69) is 41.7 Å². The SMILES string of the molecule is O=C(NC1CCCc2nc(-c3cccnc3)ncc21)C1CNNC1n1cnnn1. The second-order valence-electron chi connectivity index (χ2n) is 7.16. The predicted molar refractivity (Wildman–Crippen MR) is 101 cm³/mol. The Morgan fingerprint density at radius 2 is 2.28 bits per heavy atom. The molecule has 11 heteroatoms. The van der Waals surface area contributed by atoms with E-state index < -0.39 is 0 Å². The first-order valence-electron chi connectivity index (χ1n) is 9.57. The fourth-order valence-electron chi connectivity index (χ4n) is 3.88. The number of nitrogens with one attached hydrogen (secondary N) is 3. The average Bonchev–Trinajstić information content (AvgIpc) is 3.46. The summed E-state index contributed by atoms with van der Waals surface area (Å²) in [4.78, 5) is 26.4. The van der Waals surface area contributed by atoms with E-state index in [1.54, 1.807) is 17.1 Å². The number of hydrazine groups is 1.